The van der Waals surface area contributed by atoms with Gasteiger partial charge in [-0.05, 0) is 23.8 Å². The van der Waals surface area contributed by atoms with Crippen LogP contribution in [-0.4, -0.2) is 11.3 Å². The van der Waals surface area contributed by atoms with Crippen LogP contribution in [0, 0.1) is 5.82 Å². The van der Waals surface area contributed by atoms with Gasteiger partial charge in [0.25, 0.3) is 0 Å². The Hall–Kier alpha value is -2.31. The van der Waals surface area contributed by atoms with Crippen LogP contribution in [0.3, 0.4) is 0 Å². The van der Waals surface area contributed by atoms with Crippen molar-refractivity contribution in [2.75, 3.05) is 5.73 Å². The van der Waals surface area contributed by atoms with E-state index in [1.54, 1.807) is 0 Å². The molecule has 0 radical (unpaired) electrons. The van der Waals surface area contributed by atoms with Gasteiger partial charge < -0.3 is 10.5 Å². The highest BCUT2D eigenvalue weighted by Gasteiger charge is 2.31. The molecule has 2 aromatic rings. The number of rotatable bonds is 2. The second-order valence-electron chi connectivity index (χ2n) is 3.66. The third kappa shape index (κ3) is 3.34. The zero-order chi connectivity index (χ0) is 14.0. The van der Waals surface area contributed by atoms with Crippen LogP contribution < -0.4 is 10.5 Å². The molecule has 0 saturated carbocycles. The van der Waals surface area contributed by atoms with E-state index in [9.17, 15) is 17.6 Å². The van der Waals surface area contributed by atoms with Gasteiger partial charge in [-0.25, -0.2) is 9.37 Å². The number of aromatic nitrogens is 1. The maximum Gasteiger partial charge on any atom is 0.573 e. The van der Waals surface area contributed by atoms with Gasteiger partial charge in [-0.3, -0.25) is 0 Å². The minimum absolute atomic E-state index is 0.0190. The standard InChI is InChI=1S/C12H8F4N2O/c13-8-5-10(11(17)18-6-8)7-2-1-3-9(4-7)19-12(14,15)16/h1-6H,(H2,17,18). The molecule has 0 unspecified atom stereocenters. The van der Waals surface area contributed by atoms with Crippen molar-refractivity contribution in [2.45, 2.75) is 6.36 Å². The summed E-state index contributed by atoms with van der Waals surface area (Å²) >= 11 is 0. The van der Waals surface area contributed by atoms with Crippen molar-refractivity contribution in [2.24, 2.45) is 0 Å². The number of nitrogens with zero attached hydrogens (tertiary/aromatic N) is 1. The zero-order valence-electron chi connectivity index (χ0n) is 9.41. The van der Waals surface area contributed by atoms with Gasteiger partial charge in [-0.2, -0.15) is 0 Å². The number of halogens is 4. The van der Waals surface area contributed by atoms with Gasteiger partial charge in [-0.1, -0.05) is 12.1 Å². The fourth-order valence-corrected chi connectivity index (χ4v) is 1.54. The lowest BCUT2D eigenvalue weighted by Gasteiger charge is -2.10. The summed E-state index contributed by atoms with van der Waals surface area (Å²) in [6, 6.07) is 6.17. The molecule has 0 saturated heterocycles. The first kappa shape index (κ1) is 13.1. The van der Waals surface area contributed by atoms with E-state index in [1.807, 2.05) is 0 Å². The number of nitrogen functional groups attached to an aromatic ring is 1. The lowest BCUT2D eigenvalue weighted by Crippen LogP contribution is -2.17. The van der Waals surface area contributed by atoms with Crippen molar-refractivity contribution in [3.05, 3.63) is 42.3 Å². The lowest BCUT2D eigenvalue weighted by molar-refractivity contribution is -0.274. The number of pyridine rings is 1. The van der Waals surface area contributed by atoms with Gasteiger partial charge in [0.05, 0.1) is 6.20 Å². The van der Waals surface area contributed by atoms with E-state index in [0.717, 1.165) is 24.4 Å². The summed E-state index contributed by atoms with van der Waals surface area (Å²) in [6.07, 6.45) is -3.86. The van der Waals surface area contributed by atoms with E-state index in [0.29, 0.717) is 0 Å². The van der Waals surface area contributed by atoms with E-state index in [2.05, 4.69) is 9.72 Å². The number of nitrogens with two attached hydrogens (primary N) is 1. The summed E-state index contributed by atoms with van der Waals surface area (Å²) in [5, 5.41) is 0. The monoisotopic (exact) mass is 272 g/mol. The third-order valence-corrected chi connectivity index (χ3v) is 2.26. The first-order valence-corrected chi connectivity index (χ1v) is 5.12. The summed E-state index contributed by atoms with van der Waals surface area (Å²) in [4.78, 5) is 3.60. The van der Waals surface area contributed by atoms with Crippen LogP contribution in [0.25, 0.3) is 11.1 Å². The number of hydrogen-bond donors (Lipinski definition) is 1. The maximum absolute atomic E-state index is 13.1. The van der Waals surface area contributed by atoms with Gasteiger partial charge in [0.2, 0.25) is 0 Å². The molecule has 0 amide bonds. The van der Waals surface area contributed by atoms with Gasteiger partial charge in [-0.15, -0.1) is 13.2 Å². The number of anilines is 1. The Morgan fingerprint density at radius 3 is 2.58 bits per heavy atom. The van der Waals surface area contributed by atoms with Crippen LogP contribution in [0.2, 0.25) is 0 Å². The highest BCUT2D eigenvalue weighted by Crippen LogP contribution is 2.30. The molecule has 0 aliphatic heterocycles. The molecule has 1 heterocycles. The number of hydrogen-bond acceptors (Lipinski definition) is 3. The Labute approximate surface area is 105 Å². The Morgan fingerprint density at radius 2 is 1.89 bits per heavy atom. The molecule has 0 bridgehead atoms. The molecule has 1 aromatic carbocycles. The van der Waals surface area contributed by atoms with E-state index < -0.39 is 17.9 Å². The normalized spacial score (nSPS) is 11.4. The zero-order valence-corrected chi connectivity index (χ0v) is 9.41. The Morgan fingerprint density at radius 1 is 1.16 bits per heavy atom. The van der Waals surface area contributed by atoms with Crippen LogP contribution in [0.4, 0.5) is 23.4 Å². The average Bonchev–Trinajstić information content (AvgIpc) is 2.30. The van der Waals surface area contributed by atoms with E-state index >= 15 is 0 Å². The summed E-state index contributed by atoms with van der Waals surface area (Å²) < 4.78 is 53.2. The largest absolute Gasteiger partial charge is 0.573 e. The van der Waals surface area contributed by atoms with Crippen LogP contribution in [0.1, 0.15) is 0 Å². The van der Waals surface area contributed by atoms with Crippen molar-refractivity contribution in [3.63, 3.8) is 0 Å². The maximum atomic E-state index is 13.1. The fourth-order valence-electron chi connectivity index (χ4n) is 1.54. The second-order valence-corrected chi connectivity index (χ2v) is 3.66. The first-order valence-electron chi connectivity index (χ1n) is 5.12. The molecule has 2 N–H and O–H groups in total. The minimum atomic E-state index is -4.79. The van der Waals surface area contributed by atoms with Gasteiger partial charge in [0.15, 0.2) is 0 Å². The smallest absolute Gasteiger partial charge is 0.406 e. The van der Waals surface area contributed by atoms with Gasteiger partial charge in [0.1, 0.15) is 17.4 Å². The molecule has 2 rings (SSSR count). The van der Waals surface area contributed by atoms with Crippen LogP contribution in [0.5, 0.6) is 5.75 Å². The quantitative estimate of drug-likeness (QED) is 0.853. The van der Waals surface area contributed by atoms with Crippen molar-refractivity contribution >= 4 is 5.82 Å². The number of benzene rings is 1. The highest BCUT2D eigenvalue weighted by molar-refractivity contribution is 5.74. The molecule has 0 atom stereocenters. The lowest BCUT2D eigenvalue weighted by atomic mass is 10.1. The molecule has 3 nitrogen and oxygen atoms in total. The topological polar surface area (TPSA) is 48.1 Å². The Bertz CT molecular complexity index is 599. The summed E-state index contributed by atoms with van der Waals surface area (Å²) in [5.74, 6) is -1.02. The summed E-state index contributed by atoms with van der Waals surface area (Å²) in [5.41, 5.74) is 6.04. The minimum Gasteiger partial charge on any atom is -0.406 e. The summed E-state index contributed by atoms with van der Waals surface area (Å²) in [6.45, 7) is 0. The fraction of sp³-hybridized carbons (Fsp3) is 0.0833. The molecule has 1 aromatic heterocycles. The molecule has 0 aliphatic rings. The van der Waals surface area contributed by atoms with E-state index in [4.69, 9.17) is 5.73 Å². The van der Waals surface area contributed by atoms with Gasteiger partial charge >= 0.3 is 6.36 Å². The predicted octanol–water partition coefficient (Wildman–Crippen LogP) is 3.37. The molecule has 7 heteroatoms. The summed E-state index contributed by atoms with van der Waals surface area (Å²) in [7, 11) is 0. The average molecular weight is 272 g/mol. The van der Waals surface area contributed by atoms with Crippen molar-refractivity contribution in [1.29, 1.82) is 0 Å². The van der Waals surface area contributed by atoms with Crippen molar-refractivity contribution in [1.82, 2.24) is 4.98 Å². The van der Waals surface area contributed by atoms with Gasteiger partial charge in [0, 0.05) is 5.56 Å². The van der Waals surface area contributed by atoms with Crippen molar-refractivity contribution < 1.29 is 22.3 Å². The Balaban J connectivity index is 2.40. The highest BCUT2D eigenvalue weighted by atomic mass is 19.4. The second kappa shape index (κ2) is 4.75. The molecule has 19 heavy (non-hydrogen) atoms. The van der Waals surface area contributed by atoms with Crippen LogP contribution in [-0.2, 0) is 0 Å². The molecular weight excluding hydrogens is 264 g/mol. The first-order chi connectivity index (χ1) is 8.85. The Kier molecular flexibility index (Phi) is 3.28. The molecule has 0 aliphatic carbocycles. The van der Waals surface area contributed by atoms with Crippen LogP contribution in [0.15, 0.2) is 36.5 Å². The van der Waals surface area contributed by atoms with E-state index in [1.165, 1.54) is 12.1 Å². The van der Waals surface area contributed by atoms with Crippen molar-refractivity contribution in [3.8, 4) is 16.9 Å². The molecule has 100 valence electrons. The SMILES string of the molecule is Nc1ncc(F)cc1-c1cccc(OC(F)(F)F)c1. The molecular formula is C12H8F4N2O. The molecule has 0 fully saturated rings. The van der Waals surface area contributed by atoms with E-state index in [-0.39, 0.29) is 16.9 Å². The third-order valence-electron chi connectivity index (χ3n) is 2.26. The number of ether oxygens (including phenoxy) is 1. The number of alkyl halides is 3. The predicted molar refractivity (Wildman–Crippen MR) is 60.7 cm³/mol. The van der Waals surface area contributed by atoms with Crippen LogP contribution >= 0.6 is 0 Å². The molecule has 0 spiro atoms.